The van der Waals surface area contributed by atoms with Gasteiger partial charge in [-0.1, -0.05) is 25.5 Å². The highest BCUT2D eigenvalue weighted by Crippen LogP contribution is 2.38. The minimum Gasteiger partial charge on any atom is -0.429 e. The molecule has 1 saturated carbocycles. The number of rotatable bonds is 5. The lowest BCUT2D eigenvalue weighted by Gasteiger charge is -2.28. The summed E-state index contributed by atoms with van der Waals surface area (Å²) in [6.45, 7) is 2.18. The molecule has 0 unspecified atom stereocenters. The van der Waals surface area contributed by atoms with Gasteiger partial charge in [-0.15, -0.1) is 0 Å². The van der Waals surface area contributed by atoms with Gasteiger partial charge in [0.25, 0.3) is 0 Å². The molecule has 1 nitrogen and oxygen atoms in total. The summed E-state index contributed by atoms with van der Waals surface area (Å²) >= 11 is 0. The van der Waals surface area contributed by atoms with Crippen molar-refractivity contribution < 1.29 is 26.7 Å². The SMILES string of the molecule is CCC1CCC(c2ccc(C(F)(F)Oc3cc(F)c(F)c(F)c3)cc2)CC1. The Morgan fingerprint density at radius 1 is 0.926 bits per heavy atom. The number of halogens is 5. The summed E-state index contributed by atoms with van der Waals surface area (Å²) in [5.41, 5.74) is 0.571. The van der Waals surface area contributed by atoms with Crippen LogP contribution in [0.25, 0.3) is 0 Å². The third-order valence-electron chi connectivity index (χ3n) is 5.35. The maximum absolute atomic E-state index is 14.3. The highest BCUT2D eigenvalue weighted by molar-refractivity contribution is 5.30. The molecule has 0 heterocycles. The molecule has 0 spiro atoms. The van der Waals surface area contributed by atoms with E-state index in [1.165, 1.54) is 18.6 Å². The summed E-state index contributed by atoms with van der Waals surface area (Å²) < 4.78 is 72.4. The molecular formula is C21H21F5O. The van der Waals surface area contributed by atoms with Crippen LogP contribution in [-0.4, -0.2) is 0 Å². The molecule has 0 saturated heterocycles. The number of hydrogen-bond donors (Lipinski definition) is 0. The molecule has 1 fully saturated rings. The van der Waals surface area contributed by atoms with Crippen molar-refractivity contribution in [3.8, 4) is 5.75 Å². The topological polar surface area (TPSA) is 9.23 Å². The molecule has 0 radical (unpaired) electrons. The summed E-state index contributed by atoms with van der Waals surface area (Å²) in [5, 5.41) is 0. The predicted molar refractivity (Wildman–Crippen MR) is 92.3 cm³/mol. The fourth-order valence-electron chi connectivity index (χ4n) is 3.65. The first kappa shape index (κ1) is 19.6. The van der Waals surface area contributed by atoms with E-state index in [4.69, 9.17) is 0 Å². The van der Waals surface area contributed by atoms with Crippen molar-refractivity contribution >= 4 is 0 Å². The molecule has 27 heavy (non-hydrogen) atoms. The van der Waals surface area contributed by atoms with E-state index >= 15 is 0 Å². The second kappa shape index (κ2) is 7.87. The number of hydrogen-bond acceptors (Lipinski definition) is 1. The summed E-state index contributed by atoms with van der Waals surface area (Å²) in [5.74, 6) is -4.57. The van der Waals surface area contributed by atoms with Crippen LogP contribution in [0.4, 0.5) is 22.0 Å². The first-order valence-corrected chi connectivity index (χ1v) is 9.12. The Bertz CT molecular complexity index is 757. The van der Waals surface area contributed by atoms with Crippen LogP contribution in [0.2, 0.25) is 0 Å². The minimum atomic E-state index is -3.80. The quantitative estimate of drug-likeness (QED) is 0.402. The van der Waals surface area contributed by atoms with Crippen LogP contribution in [0.3, 0.4) is 0 Å². The molecule has 0 aromatic heterocycles. The van der Waals surface area contributed by atoms with Crippen molar-refractivity contribution in [2.75, 3.05) is 0 Å². The van der Waals surface area contributed by atoms with Gasteiger partial charge in [0, 0.05) is 12.1 Å². The van der Waals surface area contributed by atoms with Crippen molar-refractivity contribution in [3.05, 3.63) is 65.0 Å². The van der Waals surface area contributed by atoms with E-state index < -0.39 is 34.9 Å². The summed E-state index contributed by atoms with van der Waals surface area (Å²) in [6.07, 6.45) is 1.74. The maximum Gasteiger partial charge on any atom is 0.426 e. The molecule has 2 aromatic rings. The van der Waals surface area contributed by atoms with Crippen LogP contribution in [-0.2, 0) is 6.11 Å². The Morgan fingerprint density at radius 3 is 2.00 bits per heavy atom. The fourth-order valence-corrected chi connectivity index (χ4v) is 3.65. The van der Waals surface area contributed by atoms with Gasteiger partial charge in [0.05, 0.1) is 5.56 Å². The monoisotopic (exact) mass is 384 g/mol. The van der Waals surface area contributed by atoms with E-state index in [9.17, 15) is 22.0 Å². The summed E-state index contributed by atoms with van der Waals surface area (Å²) in [7, 11) is 0. The molecule has 0 amide bonds. The number of alkyl halides is 2. The van der Waals surface area contributed by atoms with Gasteiger partial charge in [0.1, 0.15) is 5.75 Å². The van der Waals surface area contributed by atoms with Crippen LogP contribution in [0.5, 0.6) is 5.75 Å². The van der Waals surface area contributed by atoms with Gasteiger partial charge in [-0.2, -0.15) is 8.78 Å². The van der Waals surface area contributed by atoms with Gasteiger partial charge < -0.3 is 4.74 Å². The average Bonchev–Trinajstić information content (AvgIpc) is 2.66. The van der Waals surface area contributed by atoms with Gasteiger partial charge >= 0.3 is 6.11 Å². The highest BCUT2D eigenvalue weighted by Gasteiger charge is 2.35. The Morgan fingerprint density at radius 2 is 1.48 bits per heavy atom. The molecule has 6 heteroatoms. The summed E-state index contributed by atoms with van der Waals surface area (Å²) in [4.78, 5) is 0. The van der Waals surface area contributed by atoms with Crippen molar-refractivity contribution in [2.24, 2.45) is 5.92 Å². The molecule has 146 valence electrons. The highest BCUT2D eigenvalue weighted by atomic mass is 19.3. The van der Waals surface area contributed by atoms with Crippen molar-refractivity contribution in [3.63, 3.8) is 0 Å². The van der Waals surface area contributed by atoms with Crippen LogP contribution in [0.15, 0.2) is 36.4 Å². The zero-order valence-corrected chi connectivity index (χ0v) is 15.0. The van der Waals surface area contributed by atoms with Crippen LogP contribution in [0.1, 0.15) is 56.1 Å². The largest absolute Gasteiger partial charge is 0.429 e. The van der Waals surface area contributed by atoms with E-state index in [0.717, 1.165) is 37.2 Å². The third kappa shape index (κ3) is 4.42. The average molecular weight is 384 g/mol. The lowest BCUT2D eigenvalue weighted by molar-refractivity contribution is -0.185. The second-order valence-electron chi connectivity index (χ2n) is 7.07. The molecular weight excluding hydrogens is 363 g/mol. The van der Waals surface area contributed by atoms with E-state index in [-0.39, 0.29) is 0 Å². The first-order valence-electron chi connectivity index (χ1n) is 9.12. The molecule has 0 atom stereocenters. The normalized spacial score (nSPS) is 20.5. The van der Waals surface area contributed by atoms with Crippen LogP contribution >= 0.6 is 0 Å². The maximum atomic E-state index is 14.3. The van der Waals surface area contributed by atoms with Crippen molar-refractivity contribution in [2.45, 2.75) is 51.1 Å². The van der Waals surface area contributed by atoms with E-state index in [2.05, 4.69) is 11.7 Å². The molecule has 0 N–H and O–H groups in total. The third-order valence-corrected chi connectivity index (χ3v) is 5.35. The second-order valence-corrected chi connectivity index (χ2v) is 7.07. The molecule has 1 aliphatic rings. The van der Waals surface area contributed by atoms with E-state index in [0.29, 0.717) is 18.1 Å². The zero-order valence-electron chi connectivity index (χ0n) is 15.0. The smallest absolute Gasteiger partial charge is 0.426 e. The van der Waals surface area contributed by atoms with E-state index in [1.54, 1.807) is 12.1 Å². The van der Waals surface area contributed by atoms with Gasteiger partial charge in [-0.05, 0) is 55.2 Å². The lowest BCUT2D eigenvalue weighted by Crippen LogP contribution is -2.22. The van der Waals surface area contributed by atoms with Crippen molar-refractivity contribution in [1.29, 1.82) is 0 Å². The Hall–Kier alpha value is -2.11. The molecule has 2 aromatic carbocycles. The standard InChI is InChI=1S/C21H21F5O/c1-2-13-3-5-14(6-4-13)15-7-9-16(10-8-15)21(25,26)27-17-11-18(22)20(24)19(23)12-17/h7-14H,2-6H2,1H3. The van der Waals surface area contributed by atoms with Gasteiger partial charge in [-0.3, -0.25) is 0 Å². The van der Waals surface area contributed by atoms with Gasteiger partial charge in [-0.25, -0.2) is 13.2 Å². The summed E-state index contributed by atoms with van der Waals surface area (Å²) in [6, 6.07) is 6.61. The zero-order chi connectivity index (χ0) is 19.6. The van der Waals surface area contributed by atoms with Crippen LogP contribution < -0.4 is 4.74 Å². The molecule has 0 aliphatic heterocycles. The van der Waals surface area contributed by atoms with Crippen molar-refractivity contribution in [1.82, 2.24) is 0 Å². The fraction of sp³-hybridized carbons (Fsp3) is 0.429. The van der Waals surface area contributed by atoms with E-state index in [1.807, 2.05) is 0 Å². The van der Waals surface area contributed by atoms with Gasteiger partial charge in [0.15, 0.2) is 17.5 Å². The molecule has 1 aliphatic carbocycles. The minimum absolute atomic E-state index is 0.358. The van der Waals surface area contributed by atoms with Crippen LogP contribution in [0, 0.1) is 23.4 Å². The Balaban J connectivity index is 1.72. The Kier molecular flexibility index (Phi) is 5.72. The number of benzene rings is 2. The predicted octanol–water partition coefficient (Wildman–Crippen LogP) is 6.92. The molecule has 3 rings (SSSR count). The first-order chi connectivity index (χ1) is 12.8. The van der Waals surface area contributed by atoms with Gasteiger partial charge in [0.2, 0.25) is 0 Å². The lowest BCUT2D eigenvalue weighted by atomic mass is 9.78. The number of ether oxygens (including phenoxy) is 1. The Labute approximate surface area is 155 Å². The molecule has 0 bridgehead atoms.